The Morgan fingerprint density at radius 3 is 2.41 bits per heavy atom. The number of fused-ring (bicyclic) bond motifs is 1. The molecule has 3 aromatic rings. The fourth-order valence-electron chi connectivity index (χ4n) is 3.50. The molecule has 1 amide bonds. The van der Waals surface area contributed by atoms with Crippen molar-refractivity contribution in [1.29, 1.82) is 0 Å². The van der Waals surface area contributed by atoms with Gasteiger partial charge in [0.15, 0.2) is 11.5 Å². The third kappa shape index (κ3) is 5.01. The molecule has 1 aromatic heterocycles. The van der Waals surface area contributed by atoms with E-state index in [0.29, 0.717) is 41.3 Å². The molecule has 170 valence electrons. The van der Waals surface area contributed by atoms with Crippen LogP contribution in [0.3, 0.4) is 0 Å². The first kappa shape index (κ1) is 23.1. The Balaban J connectivity index is 1.85. The van der Waals surface area contributed by atoms with Crippen molar-refractivity contribution in [2.24, 2.45) is 5.92 Å². The van der Waals surface area contributed by atoms with Crippen LogP contribution in [0.15, 0.2) is 52.1 Å². The summed E-state index contributed by atoms with van der Waals surface area (Å²) in [4.78, 5) is 38.7. The number of amides is 1. The number of nitrogens with zero attached hydrogens (tertiary/aromatic N) is 2. The largest absolute Gasteiger partial charge is 0.493 e. The van der Waals surface area contributed by atoms with Crippen LogP contribution in [0.2, 0.25) is 0 Å². The van der Waals surface area contributed by atoms with Crippen LogP contribution in [-0.4, -0.2) is 29.3 Å². The lowest BCUT2D eigenvalue weighted by atomic mass is 10.1. The van der Waals surface area contributed by atoms with Crippen LogP contribution in [0.25, 0.3) is 10.9 Å². The molecule has 0 radical (unpaired) electrons. The number of ether oxygens (including phenoxy) is 2. The Hall–Kier alpha value is -3.55. The van der Waals surface area contributed by atoms with E-state index in [0.717, 1.165) is 5.56 Å². The van der Waals surface area contributed by atoms with Gasteiger partial charge in [0.1, 0.15) is 6.54 Å². The average Bonchev–Trinajstić information content (AvgIpc) is 2.79. The van der Waals surface area contributed by atoms with Crippen molar-refractivity contribution in [2.75, 3.05) is 14.2 Å². The van der Waals surface area contributed by atoms with E-state index >= 15 is 0 Å². The topological polar surface area (TPSA) is 91.6 Å². The van der Waals surface area contributed by atoms with E-state index in [-0.39, 0.29) is 24.6 Å². The highest BCUT2D eigenvalue weighted by molar-refractivity contribution is 5.81. The summed E-state index contributed by atoms with van der Waals surface area (Å²) in [5, 5.41) is 3.25. The molecule has 0 aliphatic carbocycles. The number of methoxy groups -OCH3 is 2. The van der Waals surface area contributed by atoms with Crippen molar-refractivity contribution in [3.8, 4) is 11.5 Å². The van der Waals surface area contributed by atoms with Crippen molar-refractivity contribution in [1.82, 2.24) is 14.5 Å². The van der Waals surface area contributed by atoms with Crippen LogP contribution >= 0.6 is 0 Å². The molecule has 0 saturated heterocycles. The molecular weight excluding hydrogens is 410 g/mol. The molecule has 32 heavy (non-hydrogen) atoms. The zero-order valence-electron chi connectivity index (χ0n) is 18.9. The second-order valence-corrected chi connectivity index (χ2v) is 7.99. The molecule has 8 heteroatoms. The van der Waals surface area contributed by atoms with E-state index in [2.05, 4.69) is 5.32 Å². The van der Waals surface area contributed by atoms with Crippen LogP contribution in [0.1, 0.15) is 25.8 Å². The van der Waals surface area contributed by atoms with Gasteiger partial charge in [-0.15, -0.1) is 0 Å². The number of carbonyl (C=O) groups excluding carboxylic acids is 1. The van der Waals surface area contributed by atoms with E-state index in [1.807, 2.05) is 19.9 Å². The lowest BCUT2D eigenvalue weighted by Crippen LogP contribution is -2.42. The molecule has 0 atom stereocenters. The summed E-state index contributed by atoms with van der Waals surface area (Å²) in [7, 11) is 3.11. The third-order valence-electron chi connectivity index (χ3n) is 5.30. The first-order valence-electron chi connectivity index (χ1n) is 10.6. The van der Waals surface area contributed by atoms with Gasteiger partial charge in [-0.05, 0) is 42.2 Å². The molecule has 0 bridgehead atoms. The van der Waals surface area contributed by atoms with Gasteiger partial charge in [-0.2, -0.15) is 0 Å². The Bertz CT molecular complexity index is 1230. The summed E-state index contributed by atoms with van der Waals surface area (Å²) < 4.78 is 13.1. The van der Waals surface area contributed by atoms with Crippen molar-refractivity contribution in [2.45, 2.75) is 39.9 Å². The molecule has 0 fully saturated rings. The summed E-state index contributed by atoms with van der Waals surface area (Å²) >= 11 is 0. The smallest absolute Gasteiger partial charge is 0.331 e. The van der Waals surface area contributed by atoms with Gasteiger partial charge in [-0.3, -0.25) is 18.7 Å². The van der Waals surface area contributed by atoms with Crippen LogP contribution in [0.5, 0.6) is 11.5 Å². The van der Waals surface area contributed by atoms with Gasteiger partial charge in [-0.1, -0.05) is 32.0 Å². The number of aromatic nitrogens is 2. The summed E-state index contributed by atoms with van der Waals surface area (Å²) in [6.45, 7) is 4.46. The van der Waals surface area contributed by atoms with Gasteiger partial charge in [0.25, 0.3) is 5.56 Å². The SMILES string of the molecule is COc1ccc(CNC(=O)Cn2c(=O)n(CCC(C)C)c(=O)c3ccccc32)cc1OC. The Morgan fingerprint density at radius 1 is 1.00 bits per heavy atom. The van der Waals surface area contributed by atoms with Crippen LogP contribution < -0.4 is 26.0 Å². The average molecular weight is 440 g/mol. The zero-order chi connectivity index (χ0) is 23.3. The summed E-state index contributed by atoms with van der Waals surface area (Å²) in [6, 6.07) is 12.2. The van der Waals surface area contributed by atoms with Crippen molar-refractivity contribution < 1.29 is 14.3 Å². The molecule has 3 rings (SSSR count). The summed E-state index contributed by atoms with van der Waals surface area (Å²) in [5.41, 5.74) is 0.475. The maximum atomic E-state index is 13.1. The minimum Gasteiger partial charge on any atom is -0.493 e. The van der Waals surface area contributed by atoms with Gasteiger partial charge in [-0.25, -0.2) is 4.79 Å². The third-order valence-corrected chi connectivity index (χ3v) is 5.30. The van der Waals surface area contributed by atoms with E-state index in [1.54, 1.807) is 50.6 Å². The van der Waals surface area contributed by atoms with E-state index in [1.165, 1.54) is 9.13 Å². The number of para-hydroxylation sites is 1. The molecule has 0 aliphatic heterocycles. The second-order valence-electron chi connectivity index (χ2n) is 7.99. The van der Waals surface area contributed by atoms with Crippen molar-refractivity contribution in [3.63, 3.8) is 0 Å². The highest BCUT2D eigenvalue weighted by Gasteiger charge is 2.15. The quantitative estimate of drug-likeness (QED) is 0.553. The Morgan fingerprint density at radius 2 is 1.72 bits per heavy atom. The molecule has 0 unspecified atom stereocenters. The second kappa shape index (κ2) is 10.2. The molecule has 8 nitrogen and oxygen atoms in total. The normalized spacial score (nSPS) is 11.0. The number of nitrogens with one attached hydrogen (secondary N) is 1. The van der Waals surface area contributed by atoms with Crippen molar-refractivity contribution in [3.05, 3.63) is 68.9 Å². The minimum atomic E-state index is -0.476. The fourth-order valence-corrected chi connectivity index (χ4v) is 3.50. The van der Waals surface area contributed by atoms with Gasteiger partial charge in [0, 0.05) is 13.1 Å². The van der Waals surface area contributed by atoms with Crippen LogP contribution in [0.4, 0.5) is 0 Å². The maximum absolute atomic E-state index is 13.1. The molecular formula is C24H29N3O5. The molecule has 0 saturated carbocycles. The highest BCUT2D eigenvalue weighted by atomic mass is 16.5. The minimum absolute atomic E-state index is 0.186. The standard InChI is InChI=1S/C24H29N3O5/c1-16(2)11-12-26-23(29)18-7-5-6-8-19(18)27(24(26)30)15-22(28)25-14-17-9-10-20(31-3)21(13-17)32-4/h5-10,13,16H,11-12,14-15H2,1-4H3,(H,25,28). The Labute approximate surface area is 186 Å². The highest BCUT2D eigenvalue weighted by Crippen LogP contribution is 2.27. The Kier molecular flexibility index (Phi) is 7.35. The summed E-state index contributed by atoms with van der Waals surface area (Å²) in [5.74, 6) is 1.18. The molecule has 1 heterocycles. The lowest BCUT2D eigenvalue weighted by molar-refractivity contribution is -0.121. The number of hydrogen-bond acceptors (Lipinski definition) is 5. The summed E-state index contributed by atoms with van der Waals surface area (Å²) in [6.07, 6.45) is 0.693. The van der Waals surface area contributed by atoms with E-state index < -0.39 is 5.69 Å². The van der Waals surface area contributed by atoms with Gasteiger partial charge in [0.05, 0.1) is 25.1 Å². The number of rotatable bonds is 9. The van der Waals surface area contributed by atoms with E-state index in [9.17, 15) is 14.4 Å². The number of carbonyl (C=O) groups is 1. The monoisotopic (exact) mass is 439 g/mol. The molecule has 2 aromatic carbocycles. The number of benzene rings is 2. The molecule has 0 spiro atoms. The van der Waals surface area contributed by atoms with Crippen LogP contribution in [0, 0.1) is 5.92 Å². The van der Waals surface area contributed by atoms with Crippen molar-refractivity contribution >= 4 is 16.8 Å². The predicted molar refractivity (Wildman–Crippen MR) is 123 cm³/mol. The maximum Gasteiger partial charge on any atom is 0.331 e. The van der Waals surface area contributed by atoms with E-state index in [4.69, 9.17) is 9.47 Å². The fraction of sp³-hybridized carbons (Fsp3) is 0.375. The van der Waals surface area contributed by atoms with Gasteiger partial charge < -0.3 is 14.8 Å². The molecule has 1 N–H and O–H groups in total. The van der Waals surface area contributed by atoms with Gasteiger partial charge in [0.2, 0.25) is 5.91 Å². The number of hydrogen-bond donors (Lipinski definition) is 1. The molecule has 0 aliphatic rings. The first-order valence-corrected chi connectivity index (χ1v) is 10.6. The first-order chi connectivity index (χ1) is 15.3. The van der Waals surface area contributed by atoms with Crippen LogP contribution in [-0.2, 0) is 24.4 Å². The lowest BCUT2D eigenvalue weighted by Gasteiger charge is -2.15. The van der Waals surface area contributed by atoms with Gasteiger partial charge >= 0.3 is 5.69 Å². The predicted octanol–water partition coefficient (Wildman–Crippen LogP) is 2.54. The zero-order valence-corrected chi connectivity index (χ0v) is 18.9.